The van der Waals surface area contributed by atoms with Crippen molar-refractivity contribution >= 4 is 0 Å². The van der Waals surface area contributed by atoms with Crippen molar-refractivity contribution in [1.82, 2.24) is 5.43 Å². The summed E-state index contributed by atoms with van der Waals surface area (Å²) in [5.74, 6) is 5.92. The van der Waals surface area contributed by atoms with Crippen molar-refractivity contribution in [3.05, 3.63) is 35.1 Å². The maximum Gasteiger partial charge on any atom is 0.128 e. The Balaban J connectivity index is 2.26. The molecule has 112 valence electrons. The average molecular weight is 280 g/mol. The predicted molar refractivity (Wildman–Crippen MR) is 78.6 cm³/mol. The van der Waals surface area contributed by atoms with E-state index in [1.165, 1.54) is 25.3 Å². The molecule has 20 heavy (non-hydrogen) atoms. The van der Waals surface area contributed by atoms with Crippen molar-refractivity contribution < 1.29 is 9.13 Å². The van der Waals surface area contributed by atoms with Crippen LogP contribution in [0.25, 0.3) is 0 Å². The summed E-state index contributed by atoms with van der Waals surface area (Å²) in [4.78, 5) is 0. The van der Waals surface area contributed by atoms with Gasteiger partial charge in [0.2, 0.25) is 0 Å². The number of aryl methyl sites for hydroxylation is 1. The van der Waals surface area contributed by atoms with Crippen LogP contribution >= 0.6 is 0 Å². The highest BCUT2D eigenvalue weighted by Gasteiger charge is 2.32. The van der Waals surface area contributed by atoms with Gasteiger partial charge in [-0.25, -0.2) is 4.39 Å². The molecule has 0 spiro atoms. The number of hydrogen-bond donors (Lipinski definition) is 2. The molecule has 3 nitrogen and oxygen atoms in total. The predicted octanol–water partition coefficient (Wildman–Crippen LogP) is 3.23. The SMILES string of the molecule is COC(C1CCCCC1)C(NN)c1cc(C)ccc1F. The molecular formula is C16H25FN2O. The summed E-state index contributed by atoms with van der Waals surface area (Å²) in [6.07, 6.45) is 5.90. The average Bonchev–Trinajstić information content (AvgIpc) is 2.48. The first-order valence-corrected chi connectivity index (χ1v) is 7.42. The van der Waals surface area contributed by atoms with Gasteiger partial charge in [-0.1, -0.05) is 37.0 Å². The van der Waals surface area contributed by atoms with Crippen LogP contribution < -0.4 is 11.3 Å². The number of nitrogens with one attached hydrogen (secondary N) is 1. The van der Waals surface area contributed by atoms with Crippen LogP contribution in [0.1, 0.15) is 49.3 Å². The molecule has 1 aliphatic carbocycles. The summed E-state index contributed by atoms with van der Waals surface area (Å²) in [7, 11) is 1.69. The van der Waals surface area contributed by atoms with E-state index in [1.807, 2.05) is 13.0 Å². The lowest BCUT2D eigenvalue weighted by molar-refractivity contribution is 0.00664. The molecule has 1 aromatic rings. The summed E-state index contributed by atoms with van der Waals surface area (Å²) in [5, 5.41) is 0. The van der Waals surface area contributed by atoms with Gasteiger partial charge in [0.15, 0.2) is 0 Å². The quantitative estimate of drug-likeness (QED) is 0.643. The molecule has 2 atom stereocenters. The number of hydrazine groups is 1. The van der Waals surface area contributed by atoms with Gasteiger partial charge in [0.1, 0.15) is 5.82 Å². The van der Waals surface area contributed by atoms with E-state index in [4.69, 9.17) is 10.6 Å². The van der Waals surface area contributed by atoms with Crippen molar-refractivity contribution in [3.63, 3.8) is 0 Å². The van der Waals surface area contributed by atoms with Gasteiger partial charge in [0.25, 0.3) is 0 Å². The molecular weight excluding hydrogens is 255 g/mol. The van der Waals surface area contributed by atoms with Gasteiger partial charge in [-0.15, -0.1) is 0 Å². The fourth-order valence-electron chi connectivity index (χ4n) is 3.33. The second-order valence-electron chi connectivity index (χ2n) is 5.77. The molecule has 0 saturated heterocycles. The van der Waals surface area contributed by atoms with Gasteiger partial charge in [-0.2, -0.15) is 0 Å². The Hall–Kier alpha value is -0.970. The van der Waals surface area contributed by atoms with Crippen LogP contribution in [0.5, 0.6) is 0 Å². The zero-order valence-electron chi connectivity index (χ0n) is 12.4. The summed E-state index contributed by atoms with van der Waals surface area (Å²) in [6, 6.07) is 4.83. The van der Waals surface area contributed by atoms with Gasteiger partial charge < -0.3 is 4.74 Å². The van der Waals surface area contributed by atoms with Gasteiger partial charge in [-0.05, 0) is 31.7 Å². The molecule has 1 aliphatic rings. The Morgan fingerprint density at radius 1 is 1.30 bits per heavy atom. The molecule has 1 aromatic carbocycles. The molecule has 0 radical (unpaired) electrons. The molecule has 0 aliphatic heterocycles. The van der Waals surface area contributed by atoms with E-state index < -0.39 is 0 Å². The summed E-state index contributed by atoms with van der Waals surface area (Å²) >= 11 is 0. The van der Waals surface area contributed by atoms with Crippen LogP contribution in [0.2, 0.25) is 0 Å². The van der Waals surface area contributed by atoms with Gasteiger partial charge in [0.05, 0.1) is 12.1 Å². The first-order chi connectivity index (χ1) is 9.67. The number of hydrogen-bond acceptors (Lipinski definition) is 3. The van der Waals surface area contributed by atoms with E-state index in [-0.39, 0.29) is 18.0 Å². The van der Waals surface area contributed by atoms with E-state index in [9.17, 15) is 4.39 Å². The van der Waals surface area contributed by atoms with E-state index in [2.05, 4.69) is 5.43 Å². The Bertz CT molecular complexity index is 432. The molecule has 1 saturated carbocycles. The maximum absolute atomic E-state index is 14.1. The molecule has 4 heteroatoms. The Morgan fingerprint density at radius 2 is 2.00 bits per heavy atom. The van der Waals surface area contributed by atoms with Gasteiger partial charge in [0, 0.05) is 12.7 Å². The Morgan fingerprint density at radius 3 is 2.60 bits per heavy atom. The first kappa shape index (κ1) is 15.4. The molecule has 3 N–H and O–H groups in total. The summed E-state index contributed by atoms with van der Waals surface area (Å²) < 4.78 is 19.8. The minimum atomic E-state index is -0.303. The standard InChI is InChI=1S/C16H25FN2O/c1-11-8-9-14(17)13(10-11)15(19-18)16(20-2)12-6-4-3-5-7-12/h8-10,12,15-16,19H,3-7,18H2,1-2H3. The molecule has 0 heterocycles. The lowest BCUT2D eigenvalue weighted by Gasteiger charge is -2.35. The third-order valence-corrected chi connectivity index (χ3v) is 4.38. The number of nitrogens with two attached hydrogens (primary N) is 1. The number of benzene rings is 1. The Labute approximate surface area is 120 Å². The second kappa shape index (κ2) is 7.16. The molecule has 2 rings (SSSR count). The Kier molecular flexibility index (Phi) is 5.52. The first-order valence-electron chi connectivity index (χ1n) is 7.42. The number of methoxy groups -OCH3 is 1. The molecule has 0 amide bonds. The third-order valence-electron chi connectivity index (χ3n) is 4.38. The van der Waals surface area contributed by atoms with Gasteiger partial charge in [-0.3, -0.25) is 11.3 Å². The van der Waals surface area contributed by atoms with E-state index in [0.717, 1.165) is 18.4 Å². The van der Waals surface area contributed by atoms with Crippen LogP contribution in [0.4, 0.5) is 4.39 Å². The van der Waals surface area contributed by atoms with E-state index in [0.29, 0.717) is 11.5 Å². The fourth-order valence-corrected chi connectivity index (χ4v) is 3.33. The van der Waals surface area contributed by atoms with Crippen LogP contribution in [0.15, 0.2) is 18.2 Å². The largest absolute Gasteiger partial charge is 0.379 e. The molecule has 2 unspecified atom stereocenters. The number of rotatable bonds is 5. The van der Waals surface area contributed by atoms with Crippen molar-refractivity contribution in [2.75, 3.05) is 7.11 Å². The lowest BCUT2D eigenvalue weighted by atomic mass is 9.81. The molecule has 1 fully saturated rings. The van der Waals surface area contributed by atoms with Crippen molar-refractivity contribution in [3.8, 4) is 0 Å². The summed E-state index contributed by atoms with van der Waals surface area (Å²) in [5.41, 5.74) is 4.40. The smallest absolute Gasteiger partial charge is 0.128 e. The number of halogens is 1. The highest BCUT2D eigenvalue weighted by atomic mass is 19.1. The van der Waals surface area contributed by atoms with Crippen LogP contribution in [0.3, 0.4) is 0 Å². The van der Waals surface area contributed by atoms with E-state index >= 15 is 0 Å². The van der Waals surface area contributed by atoms with Crippen molar-refractivity contribution in [2.24, 2.45) is 11.8 Å². The zero-order chi connectivity index (χ0) is 14.5. The number of ether oxygens (including phenoxy) is 1. The fraction of sp³-hybridized carbons (Fsp3) is 0.625. The van der Waals surface area contributed by atoms with Crippen molar-refractivity contribution in [2.45, 2.75) is 51.2 Å². The third kappa shape index (κ3) is 3.37. The normalized spacial score (nSPS) is 19.8. The zero-order valence-corrected chi connectivity index (χ0v) is 12.4. The monoisotopic (exact) mass is 280 g/mol. The summed E-state index contributed by atoms with van der Waals surface area (Å²) in [6.45, 7) is 1.96. The topological polar surface area (TPSA) is 47.3 Å². The van der Waals surface area contributed by atoms with E-state index in [1.54, 1.807) is 13.2 Å². The van der Waals surface area contributed by atoms with Crippen LogP contribution in [-0.2, 0) is 4.74 Å². The highest BCUT2D eigenvalue weighted by molar-refractivity contribution is 5.28. The van der Waals surface area contributed by atoms with Crippen LogP contribution in [-0.4, -0.2) is 13.2 Å². The van der Waals surface area contributed by atoms with Crippen LogP contribution in [0, 0.1) is 18.7 Å². The molecule has 0 aromatic heterocycles. The molecule has 0 bridgehead atoms. The lowest BCUT2D eigenvalue weighted by Crippen LogP contribution is -2.42. The van der Waals surface area contributed by atoms with Crippen molar-refractivity contribution in [1.29, 1.82) is 0 Å². The highest BCUT2D eigenvalue weighted by Crippen LogP contribution is 2.34. The second-order valence-corrected chi connectivity index (χ2v) is 5.77. The minimum absolute atomic E-state index is 0.0865. The minimum Gasteiger partial charge on any atom is -0.379 e. The van der Waals surface area contributed by atoms with Gasteiger partial charge >= 0.3 is 0 Å². The maximum atomic E-state index is 14.1.